The zero-order valence-electron chi connectivity index (χ0n) is 9.72. The van der Waals surface area contributed by atoms with Crippen LogP contribution in [-0.4, -0.2) is 90.9 Å². The quantitative estimate of drug-likeness (QED) is 0.360. The van der Waals surface area contributed by atoms with Gasteiger partial charge in [-0.3, -0.25) is 0 Å². The van der Waals surface area contributed by atoms with Crippen LogP contribution in [0.3, 0.4) is 0 Å². The van der Waals surface area contributed by atoms with E-state index < -0.39 is 14.1 Å². The Labute approximate surface area is 108 Å². The van der Waals surface area contributed by atoms with Crippen LogP contribution in [0.5, 0.6) is 0 Å². The van der Waals surface area contributed by atoms with E-state index in [2.05, 4.69) is 0 Å². The number of hydrogen-bond acceptors (Lipinski definition) is 4. The summed E-state index contributed by atoms with van der Waals surface area (Å²) in [5, 5.41) is 17.5. The zero-order chi connectivity index (χ0) is 11.2. The maximum Gasteiger partial charge on any atom is 2.00 e. The number of hydrogen-bond donors (Lipinski definition) is 2. The van der Waals surface area contributed by atoms with Gasteiger partial charge < -0.3 is 14.7 Å². The van der Waals surface area contributed by atoms with Crippen LogP contribution < -0.4 is 0 Å². The summed E-state index contributed by atoms with van der Waals surface area (Å²) in [6.45, 7) is 0.785. The van der Waals surface area contributed by atoms with E-state index in [1.165, 1.54) is 0 Å². The molecule has 2 unspecified atom stereocenters. The molecule has 84 valence electrons. The van der Waals surface area contributed by atoms with Crippen LogP contribution in [0.15, 0.2) is 0 Å². The molecule has 0 aromatic carbocycles. The summed E-state index contributed by atoms with van der Waals surface area (Å²) in [4.78, 5) is 0. The van der Waals surface area contributed by atoms with Crippen molar-refractivity contribution in [2.75, 3.05) is 47.1 Å². The SMILES string of the molecule is C[N+](C)(C)CCO[P+](=O)CC(O)CO.[Mg+2]. The second kappa shape index (κ2) is 8.81. The van der Waals surface area contributed by atoms with Gasteiger partial charge in [-0.25, -0.2) is 0 Å². The number of quaternary nitrogens is 1. The molecule has 0 aliphatic carbocycles. The number of aliphatic hydroxyl groups excluding tert-OH is 2. The topological polar surface area (TPSA) is 66.8 Å². The number of likely N-dealkylation sites (N-methyl/N-ethyl adjacent to an activating group) is 1. The Morgan fingerprint density at radius 3 is 2.33 bits per heavy atom. The average Bonchev–Trinajstić information content (AvgIpc) is 2.01. The Morgan fingerprint density at radius 1 is 1.40 bits per heavy atom. The third kappa shape index (κ3) is 12.6. The van der Waals surface area contributed by atoms with E-state index in [0.717, 1.165) is 11.0 Å². The molecule has 0 amide bonds. The number of nitrogens with zero attached hydrogens (tertiary/aromatic N) is 1. The maximum atomic E-state index is 11.1. The number of rotatable bonds is 7. The Balaban J connectivity index is 0. The van der Waals surface area contributed by atoms with Crippen molar-refractivity contribution < 1.29 is 23.8 Å². The Hall–Kier alpha value is 0.706. The van der Waals surface area contributed by atoms with Crippen LogP contribution in [0, 0.1) is 0 Å². The molecule has 5 nitrogen and oxygen atoms in total. The first-order valence-electron chi connectivity index (χ1n) is 4.52. The van der Waals surface area contributed by atoms with E-state index in [1.54, 1.807) is 0 Å². The predicted octanol–water partition coefficient (Wildman–Crippen LogP) is -0.576. The van der Waals surface area contributed by atoms with Crippen LogP contribution in [0.2, 0.25) is 0 Å². The van der Waals surface area contributed by atoms with Gasteiger partial charge in [0.25, 0.3) is 0 Å². The minimum absolute atomic E-state index is 0. The van der Waals surface area contributed by atoms with Crippen molar-refractivity contribution in [1.82, 2.24) is 0 Å². The Morgan fingerprint density at radius 2 is 1.93 bits per heavy atom. The molecule has 0 heterocycles. The van der Waals surface area contributed by atoms with Crippen LogP contribution in [0.4, 0.5) is 0 Å². The molecule has 2 N–H and O–H groups in total. The summed E-state index contributed by atoms with van der Waals surface area (Å²) in [5.41, 5.74) is 0. The molecule has 0 aromatic rings. The van der Waals surface area contributed by atoms with Crippen LogP contribution in [0.25, 0.3) is 0 Å². The fourth-order valence-corrected chi connectivity index (χ4v) is 1.55. The van der Waals surface area contributed by atoms with Gasteiger partial charge in [-0.2, -0.15) is 0 Å². The number of aliphatic hydroxyl groups is 2. The summed E-state index contributed by atoms with van der Waals surface area (Å²) < 4.78 is 16.9. The molecule has 0 bridgehead atoms. The predicted molar refractivity (Wildman–Crippen MR) is 60.2 cm³/mol. The first-order chi connectivity index (χ1) is 6.35. The second-order valence-electron chi connectivity index (χ2n) is 4.20. The minimum Gasteiger partial charge on any atom is -0.394 e. The zero-order valence-corrected chi connectivity index (χ0v) is 12.0. The van der Waals surface area contributed by atoms with Crippen molar-refractivity contribution in [3.8, 4) is 0 Å². The van der Waals surface area contributed by atoms with Crippen molar-refractivity contribution in [2.24, 2.45) is 0 Å². The Bertz CT molecular complexity index is 186. The summed E-state index contributed by atoms with van der Waals surface area (Å²) in [6, 6.07) is 0. The molecule has 7 heteroatoms. The van der Waals surface area contributed by atoms with Gasteiger partial charge in [0, 0.05) is 0 Å². The van der Waals surface area contributed by atoms with Gasteiger partial charge >= 0.3 is 31.1 Å². The van der Waals surface area contributed by atoms with Crippen LogP contribution >= 0.6 is 8.03 Å². The molecule has 0 spiro atoms. The standard InChI is InChI=1S/C8H20NO4P.Mg/c1-9(2,3)4-5-13-14(12)7-8(11)6-10;/h8,10-11H,4-7H2,1-3H3;/q2*+2. The first kappa shape index (κ1) is 18.1. The van der Waals surface area contributed by atoms with Gasteiger partial charge in [0.05, 0.1) is 27.7 Å². The average molecular weight is 250 g/mol. The van der Waals surface area contributed by atoms with E-state index in [1.807, 2.05) is 21.1 Å². The third-order valence-electron chi connectivity index (χ3n) is 1.57. The molecule has 0 rings (SSSR count). The van der Waals surface area contributed by atoms with E-state index >= 15 is 0 Å². The van der Waals surface area contributed by atoms with Gasteiger partial charge in [-0.1, -0.05) is 0 Å². The molecule has 0 fully saturated rings. The van der Waals surface area contributed by atoms with E-state index in [4.69, 9.17) is 14.7 Å². The smallest absolute Gasteiger partial charge is 0.394 e. The molecule has 2 atom stereocenters. The van der Waals surface area contributed by atoms with Gasteiger partial charge in [-0.05, 0) is 4.57 Å². The Kier molecular flexibility index (Phi) is 10.6. The normalized spacial score (nSPS) is 14.3. The maximum absolute atomic E-state index is 11.1. The van der Waals surface area contributed by atoms with Crippen LogP contribution in [0.1, 0.15) is 0 Å². The van der Waals surface area contributed by atoms with Crippen molar-refractivity contribution in [3.05, 3.63) is 0 Å². The van der Waals surface area contributed by atoms with E-state index in [9.17, 15) is 4.57 Å². The van der Waals surface area contributed by atoms with Crippen molar-refractivity contribution >= 4 is 31.1 Å². The van der Waals surface area contributed by atoms with Gasteiger partial charge in [0.15, 0.2) is 6.61 Å². The molecule has 0 aliphatic rings. The monoisotopic (exact) mass is 249 g/mol. The summed E-state index contributed by atoms with van der Waals surface area (Å²) in [5.74, 6) is 0. The van der Waals surface area contributed by atoms with Gasteiger partial charge in [0.1, 0.15) is 12.6 Å². The molecular formula is C8H20MgNO4P+4. The molecule has 0 aromatic heterocycles. The van der Waals surface area contributed by atoms with Crippen LogP contribution in [-0.2, 0) is 9.09 Å². The molecule has 0 saturated heterocycles. The van der Waals surface area contributed by atoms with Crippen molar-refractivity contribution in [1.29, 1.82) is 0 Å². The molecule has 0 saturated carbocycles. The van der Waals surface area contributed by atoms with Crippen molar-refractivity contribution in [2.45, 2.75) is 6.10 Å². The van der Waals surface area contributed by atoms with E-state index in [0.29, 0.717) is 6.61 Å². The summed E-state index contributed by atoms with van der Waals surface area (Å²) in [7, 11) is 4.19. The van der Waals surface area contributed by atoms with E-state index in [-0.39, 0.29) is 35.8 Å². The molecule has 15 heavy (non-hydrogen) atoms. The minimum atomic E-state index is -1.85. The summed E-state index contributed by atoms with van der Waals surface area (Å²) in [6.07, 6.45) is -0.939. The fourth-order valence-electron chi connectivity index (χ4n) is 0.699. The summed E-state index contributed by atoms with van der Waals surface area (Å²) >= 11 is 0. The van der Waals surface area contributed by atoms with Crippen molar-refractivity contribution in [3.63, 3.8) is 0 Å². The second-order valence-corrected chi connectivity index (χ2v) is 5.49. The molecular weight excluding hydrogens is 229 g/mol. The molecule has 0 aliphatic heterocycles. The first-order valence-corrected chi connectivity index (χ1v) is 5.88. The third-order valence-corrected chi connectivity index (χ3v) is 2.76. The largest absolute Gasteiger partial charge is 2.00 e. The fraction of sp³-hybridized carbons (Fsp3) is 1.00. The molecule has 0 radical (unpaired) electrons. The van der Waals surface area contributed by atoms with Gasteiger partial charge in [-0.15, -0.1) is 4.52 Å². The van der Waals surface area contributed by atoms with Gasteiger partial charge in [0.2, 0.25) is 6.16 Å².